The molecule has 27 heavy (non-hydrogen) atoms. The lowest BCUT2D eigenvalue weighted by Crippen LogP contribution is -2.38. The highest BCUT2D eigenvalue weighted by atomic mass is 35.5. The number of anilines is 1. The summed E-state index contributed by atoms with van der Waals surface area (Å²) in [5, 5.41) is 0.631. The van der Waals surface area contributed by atoms with Crippen LogP contribution in [0.1, 0.15) is 24.3 Å². The lowest BCUT2D eigenvalue weighted by molar-refractivity contribution is 0.146. The molecule has 1 heterocycles. The summed E-state index contributed by atoms with van der Waals surface area (Å²) in [6.07, 6.45) is 1.81. The molecule has 2 fully saturated rings. The molecule has 0 unspecified atom stereocenters. The number of halogens is 2. The number of fused-ring (bicyclic) bond motifs is 1. The van der Waals surface area contributed by atoms with Crippen molar-refractivity contribution in [2.24, 2.45) is 0 Å². The van der Waals surface area contributed by atoms with E-state index in [0.717, 1.165) is 24.1 Å². The van der Waals surface area contributed by atoms with Gasteiger partial charge in [-0.25, -0.2) is 9.18 Å². The second-order valence-electron chi connectivity index (χ2n) is 7.11. The lowest BCUT2D eigenvalue weighted by Gasteiger charge is -2.28. The van der Waals surface area contributed by atoms with Gasteiger partial charge in [0.15, 0.2) is 0 Å². The second kappa shape index (κ2) is 7.49. The summed E-state index contributed by atoms with van der Waals surface area (Å²) in [5.41, 5.74) is 1.77. The minimum Gasteiger partial charge on any atom is -0.383 e. The van der Waals surface area contributed by atoms with Crippen LogP contribution in [0.3, 0.4) is 0 Å². The zero-order valence-corrected chi connectivity index (χ0v) is 15.9. The Balaban J connectivity index is 1.73. The van der Waals surface area contributed by atoms with Gasteiger partial charge in [0.05, 0.1) is 18.7 Å². The first-order valence-corrected chi connectivity index (χ1v) is 9.57. The van der Waals surface area contributed by atoms with Crippen molar-refractivity contribution < 1.29 is 13.9 Å². The Kier molecular flexibility index (Phi) is 5.06. The van der Waals surface area contributed by atoms with E-state index in [1.54, 1.807) is 31.4 Å². The predicted molar refractivity (Wildman–Crippen MR) is 104 cm³/mol. The smallest absolute Gasteiger partial charge is 0.325 e. The van der Waals surface area contributed by atoms with E-state index < -0.39 is 0 Å². The van der Waals surface area contributed by atoms with E-state index in [1.165, 1.54) is 6.07 Å². The monoisotopic (exact) mass is 388 g/mol. The van der Waals surface area contributed by atoms with Crippen LogP contribution in [-0.2, 0) is 4.74 Å². The van der Waals surface area contributed by atoms with Gasteiger partial charge in [-0.15, -0.1) is 0 Å². The molecule has 1 saturated carbocycles. The molecule has 0 aromatic heterocycles. The van der Waals surface area contributed by atoms with E-state index in [2.05, 4.69) is 0 Å². The number of carbonyl (C=O) groups excluding carboxylic acids is 1. The van der Waals surface area contributed by atoms with Crippen molar-refractivity contribution in [2.75, 3.05) is 25.2 Å². The highest BCUT2D eigenvalue weighted by molar-refractivity contribution is 6.30. The number of hydrogen-bond acceptors (Lipinski definition) is 2. The Morgan fingerprint density at radius 3 is 2.67 bits per heavy atom. The van der Waals surface area contributed by atoms with Gasteiger partial charge in [0.25, 0.3) is 0 Å². The maximum atomic E-state index is 13.8. The van der Waals surface area contributed by atoms with Crippen LogP contribution in [0.15, 0.2) is 48.5 Å². The SMILES string of the molecule is COCCN1C(=O)N(c2ccc(Cl)cc2)[C@@H]2[C@H](c3cccc(F)c3)CC[C@@H]21. The Bertz CT molecular complexity index is 829. The quantitative estimate of drug-likeness (QED) is 0.744. The van der Waals surface area contributed by atoms with Gasteiger partial charge < -0.3 is 9.64 Å². The summed E-state index contributed by atoms with van der Waals surface area (Å²) in [6.45, 7) is 1.05. The largest absolute Gasteiger partial charge is 0.383 e. The van der Waals surface area contributed by atoms with Gasteiger partial charge >= 0.3 is 6.03 Å². The normalized spacial score (nSPS) is 24.6. The summed E-state index contributed by atoms with van der Waals surface area (Å²) in [6, 6.07) is 14.1. The van der Waals surface area contributed by atoms with Crippen molar-refractivity contribution in [1.82, 2.24) is 4.90 Å². The first-order chi connectivity index (χ1) is 13.1. The summed E-state index contributed by atoms with van der Waals surface area (Å²) >= 11 is 6.03. The van der Waals surface area contributed by atoms with E-state index in [1.807, 2.05) is 28.0 Å². The first-order valence-electron chi connectivity index (χ1n) is 9.20. The minimum atomic E-state index is -0.241. The number of benzene rings is 2. The molecular formula is C21H22ClFN2O2. The van der Waals surface area contributed by atoms with E-state index in [-0.39, 0.29) is 29.8 Å². The Morgan fingerprint density at radius 2 is 1.96 bits per heavy atom. The van der Waals surface area contributed by atoms with Crippen molar-refractivity contribution >= 4 is 23.3 Å². The van der Waals surface area contributed by atoms with Gasteiger partial charge in [0.1, 0.15) is 5.82 Å². The number of nitrogens with zero attached hydrogens (tertiary/aromatic N) is 2. The number of carbonyl (C=O) groups is 1. The lowest BCUT2D eigenvalue weighted by atomic mass is 9.92. The van der Waals surface area contributed by atoms with Gasteiger partial charge in [0, 0.05) is 30.3 Å². The number of methoxy groups -OCH3 is 1. The van der Waals surface area contributed by atoms with Crippen LogP contribution >= 0.6 is 11.6 Å². The fraction of sp³-hybridized carbons (Fsp3) is 0.381. The second-order valence-corrected chi connectivity index (χ2v) is 7.55. The van der Waals surface area contributed by atoms with Gasteiger partial charge in [-0.05, 0) is 54.8 Å². The molecule has 1 aliphatic heterocycles. The van der Waals surface area contributed by atoms with Crippen LogP contribution < -0.4 is 4.90 Å². The number of rotatable bonds is 5. The molecule has 142 valence electrons. The van der Waals surface area contributed by atoms with Crippen LogP contribution in [0.5, 0.6) is 0 Å². The maximum absolute atomic E-state index is 13.8. The molecule has 2 aromatic carbocycles. The first kappa shape index (κ1) is 18.3. The number of urea groups is 1. The molecule has 4 rings (SSSR count). The predicted octanol–water partition coefficient (Wildman–Crippen LogP) is 4.68. The van der Waals surface area contributed by atoms with Crippen molar-refractivity contribution in [3.05, 3.63) is 64.9 Å². The molecule has 0 spiro atoms. The fourth-order valence-electron chi connectivity index (χ4n) is 4.50. The molecule has 0 radical (unpaired) electrons. The third-order valence-electron chi connectivity index (χ3n) is 5.65. The molecular weight excluding hydrogens is 367 g/mol. The fourth-order valence-corrected chi connectivity index (χ4v) is 4.62. The molecule has 0 N–H and O–H groups in total. The highest BCUT2D eigenvalue weighted by Crippen LogP contribution is 2.46. The van der Waals surface area contributed by atoms with Gasteiger partial charge in [-0.3, -0.25) is 4.90 Å². The zero-order valence-electron chi connectivity index (χ0n) is 15.1. The molecule has 3 atom stereocenters. The summed E-state index contributed by atoms with van der Waals surface area (Å²) in [4.78, 5) is 17.0. The standard InChI is InChI=1S/C21H22ClFN2O2/c1-27-12-11-24-19-10-9-18(14-3-2-4-16(23)13-14)20(19)25(21(24)26)17-7-5-15(22)6-8-17/h2-8,13,18-20H,9-12H2,1H3/t18-,19-,20+/m0/s1. The molecule has 1 saturated heterocycles. The maximum Gasteiger partial charge on any atom is 0.325 e. The molecule has 0 bridgehead atoms. The third-order valence-corrected chi connectivity index (χ3v) is 5.90. The molecule has 4 nitrogen and oxygen atoms in total. The number of ether oxygens (including phenoxy) is 1. The van der Waals surface area contributed by atoms with E-state index >= 15 is 0 Å². The van der Waals surface area contributed by atoms with E-state index in [4.69, 9.17) is 16.3 Å². The van der Waals surface area contributed by atoms with Crippen LogP contribution in [0.25, 0.3) is 0 Å². The zero-order chi connectivity index (χ0) is 19.0. The average Bonchev–Trinajstić information content (AvgIpc) is 3.19. The Hall–Kier alpha value is -2.11. The van der Waals surface area contributed by atoms with Crippen LogP contribution in [0.2, 0.25) is 5.02 Å². The molecule has 1 aliphatic carbocycles. The van der Waals surface area contributed by atoms with Gasteiger partial charge in [0.2, 0.25) is 0 Å². The van der Waals surface area contributed by atoms with Gasteiger partial charge in [-0.2, -0.15) is 0 Å². The molecule has 2 aliphatic rings. The van der Waals surface area contributed by atoms with E-state index in [9.17, 15) is 9.18 Å². The van der Waals surface area contributed by atoms with Crippen LogP contribution in [0, 0.1) is 5.82 Å². The molecule has 2 amide bonds. The molecule has 2 aromatic rings. The van der Waals surface area contributed by atoms with Crippen molar-refractivity contribution in [1.29, 1.82) is 0 Å². The number of hydrogen-bond donors (Lipinski definition) is 0. The van der Waals surface area contributed by atoms with Crippen molar-refractivity contribution in [3.8, 4) is 0 Å². The molecule has 6 heteroatoms. The van der Waals surface area contributed by atoms with Crippen molar-refractivity contribution in [3.63, 3.8) is 0 Å². The summed E-state index contributed by atoms with van der Waals surface area (Å²) in [5.74, 6) is -0.146. The third kappa shape index (κ3) is 3.30. The topological polar surface area (TPSA) is 32.8 Å². The Morgan fingerprint density at radius 1 is 1.19 bits per heavy atom. The Labute approximate surface area is 163 Å². The van der Waals surface area contributed by atoms with Crippen LogP contribution in [-0.4, -0.2) is 43.3 Å². The van der Waals surface area contributed by atoms with E-state index in [0.29, 0.717) is 18.2 Å². The van der Waals surface area contributed by atoms with Crippen molar-refractivity contribution in [2.45, 2.75) is 30.8 Å². The average molecular weight is 389 g/mol. The summed E-state index contributed by atoms with van der Waals surface area (Å²) < 4.78 is 19.0. The highest BCUT2D eigenvalue weighted by Gasteiger charge is 2.53. The van der Waals surface area contributed by atoms with Crippen LogP contribution in [0.4, 0.5) is 14.9 Å². The number of amides is 2. The summed E-state index contributed by atoms with van der Waals surface area (Å²) in [7, 11) is 1.64. The minimum absolute atomic E-state index is 0.0227. The van der Waals surface area contributed by atoms with Gasteiger partial charge in [-0.1, -0.05) is 23.7 Å².